The Labute approximate surface area is 172 Å². The van der Waals surface area contributed by atoms with Gasteiger partial charge in [-0.3, -0.25) is 4.79 Å². The Morgan fingerprint density at radius 2 is 1.96 bits per heavy atom. The number of piperidine rings is 1. The van der Waals surface area contributed by atoms with Crippen LogP contribution in [0.25, 0.3) is 0 Å². The molecule has 0 saturated carbocycles. The summed E-state index contributed by atoms with van der Waals surface area (Å²) in [6.07, 6.45) is 1.12. The molecule has 1 aliphatic heterocycles. The first-order valence-electron chi connectivity index (χ1n) is 8.26. The number of carbonyl (C=O) groups excluding carboxylic acids is 1. The molecule has 0 unspecified atom stereocenters. The molecule has 27 heavy (non-hydrogen) atoms. The van der Waals surface area contributed by atoms with E-state index in [1.165, 1.54) is 11.3 Å². The van der Waals surface area contributed by atoms with E-state index in [1.54, 1.807) is 40.6 Å². The molecule has 1 aliphatic rings. The fourth-order valence-electron chi connectivity index (χ4n) is 2.74. The third kappa shape index (κ3) is 5.36. The van der Waals surface area contributed by atoms with Gasteiger partial charge < -0.3 is 9.64 Å². The topological polar surface area (TPSA) is 75.7 Å². The number of thiophene rings is 1. The number of hydrogen-bond acceptors (Lipinski definition) is 5. The van der Waals surface area contributed by atoms with Crippen molar-refractivity contribution in [3.63, 3.8) is 0 Å². The average molecular weight is 449 g/mol. The van der Waals surface area contributed by atoms with Crippen molar-refractivity contribution in [2.45, 2.75) is 23.1 Å². The summed E-state index contributed by atoms with van der Waals surface area (Å²) < 4.78 is 33.0. The number of amides is 1. The second-order valence-electron chi connectivity index (χ2n) is 6.07. The van der Waals surface area contributed by atoms with Gasteiger partial charge in [0.05, 0.1) is 10.0 Å². The summed E-state index contributed by atoms with van der Waals surface area (Å²) >= 11 is 12.9. The Balaban J connectivity index is 1.47. The number of halogens is 2. The highest BCUT2D eigenvalue weighted by molar-refractivity contribution is 7.91. The van der Waals surface area contributed by atoms with Gasteiger partial charge in [-0.05, 0) is 36.4 Å². The lowest BCUT2D eigenvalue weighted by Gasteiger charge is -2.32. The minimum Gasteiger partial charge on any atom is -0.484 e. The van der Waals surface area contributed by atoms with E-state index in [9.17, 15) is 13.2 Å². The number of sulfonamides is 1. The second-order valence-corrected chi connectivity index (χ2v) is 9.78. The zero-order valence-electron chi connectivity index (χ0n) is 14.2. The fourth-order valence-corrected chi connectivity index (χ4v) is 5.35. The second kappa shape index (κ2) is 8.79. The van der Waals surface area contributed by atoms with Crippen molar-refractivity contribution in [2.75, 3.05) is 19.7 Å². The maximum absolute atomic E-state index is 12.3. The number of rotatable bonds is 6. The van der Waals surface area contributed by atoms with Gasteiger partial charge in [0.2, 0.25) is 10.0 Å². The van der Waals surface area contributed by atoms with Crippen LogP contribution in [0.1, 0.15) is 12.8 Å². The number of likely N-dealkylation sites (tertiary alicyclic amines) is 1. The van der Waals surface area contributed by atoms with E-state index in [4.69, 9.17) is 27.9 Å². The van der Waals surface area contributed by atoms with Crippen LogP contribution in [0.15, 0.2) is 39.9 Å². The maximum atomic E-state index is 12.3. The van der Waals surface area contributed by atoms with Gasteiger partial charge in [-0.1, -0.05) is 29.3 Å². The Morgan fingerprint density at radius 3 is 2.59 bits per heavy atom. The number of hydrogen-bond donors (Lipinski definition) is 1. The summed E-state index contributed by atoms with van der Waals surface area (Å²) in [5.41, 5.74) is 0. The molecule has 1 aromatic carbocycles. The molecule has 3 rings (SSSR count). The standard InChI is InChI=1S/C17H18Cl2N2O4S2/c18-14-4-3-13(10-15(14)19)25-11-16(22)21-7-5-12(6-8-21)20-27(23,24)17-2-1-9-26-17/h1-4,9-10,12,20H,5-8,11H2. The van der Waals surface area contributed by atoms with Gasteiger partial charge in [0.1, 0.15) is 9.96 Å². The van der Waals surface area contributed by atoms with Crippen molar-refractivity contribution < 1.29 is 17.9 Å². The van der Waals surface area contributed by atoms with Crippen LogP contribution in [0.5, 0.6) is 5.75 Å². The third-order valence-corrected chi connectivity index (χ3v) is 7.84. The summed E-state index contributed by atoms with van der Waals surface area (Å²) in [5.74, 6) is 0.317. The summed E-state index contributed by atoms with van der Waals surface area (Å²) in [4.78, 5) is 14.0. The number of ether oxygens (including phenoxy) is 1. The van der Waals surface area contributed by atoms with E-state index in [0.717, 1.165) is 0 Å². The number of nitrogens with one attached hydrogen (secondary N) is 1. The lowest BCUT2D eigenvalue weighted by molar-refractivity contribution is -0.134. The number of nitrogens with zero attached hydrogens (tertiary/aromatic N) is 1. The minimum atomic E-state index is -3.49. The molecule has 1 amide bonds. The largest absolute Gasteiger partial charge is 0.484 e. The molecule has 0 spiro atoms. The number of carbonyl (C=O) groups is 1. The van der Waals surface area contributed by atoms with Crippen LogP contribution in [-0.4, -0.2) is 45.0 Å². The normalized spacial score (nSPS) is 15.7. The fraction of sp³-hybridized carbons (Fsp3) is 0.353. The van der Waals surface area contributed by atoms with Crippen molar-refractivity contribution in [1.82, 2.24) is 9.62 Å². The van der Waals surface area contributed by atoms with E-state index in [2.05, 4.69) is 4.72 Å². The molecule has 2 aromatic rings. The molecule has 0 aliphatic carbocycles. The van der Waals surface area contributed by atoms with E-state index in [0.29, 0.717) is 45.9 Å². The lowest BCUT2D eigenvalue weighted by atomic mass is 10.1. The SMILES string of the molecule is O=C(COc1ccc(Cl)c(Cl)c1)N1CCC(NS(=O)(=O)c2cccs2)CC1. The summed E-state index contributed by atoms with van der Waals surface area (Å²) in [7, 11) is -3.49. The molecule has 1 fully saturated rings. The van der Waals surface area contributed by atoms with E-state index in [-0.39, 0.29) is 18.6 Å². The van der Waals surface area contributed by atoms with Gasteiger partial charge >= 0.3 is 0 Å². The van der Waals surface area contributed by atoms with Crippen LogP contribution in [0, 0.1) is 0 Å². The molecule has 2 heterocycles. The molecule has 0 atom stereocenters. The summed E-state index contributed by atoms with van der Waals surface area (Å²) in [6.45, 7) is 0.839. The van der Waals surface area contributed by atoms with Crippen molar-refractivity contribution in [3.8, 4) is 5.75 Å². The highest BCUT2D eigenvalue weighted by Gasteiger charge is 2.27. The number of benzene rings is 1. The highest BCUT2D eigenvalue weighted by atomic mass is 35.5. The molecule has 6 nitrogen and oxygen atoms in total. The van der Waals surface area contributed by atoms with E-state index >= 15 is 0 Å². The molecule has 1 saturated heterocycles. The van der Waals surface area contributed by atoms with Gasteiger partial charge in [0, 0.05) is 25.2 Å². The Kier molecular flexibility index (Phi) is 6.65. The van der Waals surface area contributed by atoms with Gasteiger partial charge in [0.25, 0.3) is 5.91 Å². The van der Waals surface area contributed by atoms with Crippen molar-refractivity contribution in [1.29, 1.82) is 0 Å². The first-order chi connectivity index (χ1) is 12.8. The first-order valence-corrected chi connectivity index (χ1v) is 11.4. The van der Waals surface area contributed by atoms with Crippen LogP contribution in [0.4, 0.5) is 0 Å². The van der Waals surface area contributed by atoms with Gasteiger partial charge in [-0.2, -0.15) is 0 Å². The Morgan fingerprint density at radius 1 is 1.22 bits per heavy atom. The molecular formula is C17H18Cl2N2O4S2. The van der Waals surface area contributed by atoms with Crippen LogP contribution >= 0.6 is 34.5 Å². The Bertz CT molecular complexity index is 896. The smallest absolute Gasteiger partial charge is 0.260 e. The predicted octanol–water partition coefficient (Wildman–Crippen LogP) is 3.40. The zero-order valence-corrected chi connectivity index (χ0v) is 17.4. The quantitative estimate of drug-likeness (QED) is 0.734. The molecule has 1 N–H and O–H groups in total. The average Bonchev–Trinajstić information content (AvgIpc) is 3.18. The van der Waals surface area contributed by atoms with Gasteiger partial charge in [-0.25, -0.2) is 13.1 Å². The summed E-state index contributed by atoms with van der Waals surface area (Å²) in [6, 6.07) is 7.91. The maximum Gasteiger partial charge on any atom is 0.260 e. The molecule has 146 valence electrons. The zero-order chi connectivity index (χ0) is 19.4. The van der Waals surface area contributed by atoms with E-state index in [1.807, 2.05) is 0 Å². The van der Waals surface area contributed by atoms with Crippen LogP contribution in [-0.2, 0) is 14.8 Å². The molecule has 1 aromatic heterocycles. The van der Waals surface area contributed by atoms with Crippen LogP contribution in [0.2, 0.25) is 10.0 Å². The Hall–Kier alpha value is -1.32. The monoisotopic (exact) mass is 448 g/mol. The third-order valence-electron chi connectivity index (χ3n) is 4.18. The van der Waals surface area contributed by atoms with Gasteiger partial charge in [-0.15, -0.1) is 11.3 Å². The predicted molar refractivity (Wildman–Crippen MR) is 106 cm³/mol. The van der Waals surface area contributed by atoms with Crippen molar-refractivity contribution >= 4 is 50.5 Å². The first kappa shape index (κ1) is 20.4. The van der Waals surface area contributed by atoms with Crippen molar-refractivity contribution in [3.05, 3.63) is 45.8 Å². The van der Waals surface area contributed by atoms with Crippen LogP contribution in [0.3, 0.4) is 0 Å². The minimum absolute atomic E-state index is 0.108. The molecule has 0 radical (unpaired) electrons. The highest BCUT2D eigenvalue weighted by Crippen LogP contribution is 2.26. The lowest BCUT2D eigenvalue weighted by Crippen LogP contribution is -2.47. The molecular weight excluding hydrogens is 431 g/mol. The van der Waals surface area contributed by atoms with Gasteiger partial charge in [0.15, 0.2) is 6.61 Å². The summed E-state index contributed by atoms with van der Waals surface area (Å²) in [5, 5.41) is 2.51. The molecule has 0 bridgehead atoms. The van der Waals surface area contributed by atoms with E-state index < -0.39 is 10.0 Å². The van der Waals surface area contributed by atoms with Crippen LogP contribution < -0.4 is 9.46 Å². The molecule has 10 heteroatoms. The van der Waals surface area contributed by atoms with Crippen molar-refractivity contribution in [2.24, 2.45) is 0 Å².